The second-order valence-electron chi connectivity index (χ2n) is 7.21. The zero-order valence-corrected chi connectivity index (χ0v) is 13.3. The third-order valence-electron chi connectivity index (χ3n) is 3.94. The molecule has 0 aromatic heterocycles. The largest absolute Gasteiger partial charge is 0.323 e. The Labute approximate surface area is 113 Å². The molecule has 0 saturated carbocycles. The molecule has 18 heavy (non-hydrogen) atoms. The maximum absolute atomic E-state index is 2.52. The summed E-state index contributed by atoms with van der Waals surface area (Å²) < 4.78 is 1.36. The maximum Gasteiger partial charge on any atom is 0.110 e. The predicted octanol–water partition coefficient (Wildman–Crippen LogP) is 4.06. The number of rotatable bonds is 4. The van der Waals surface area contributed by atoms with E-state index in [1.165, 1.54) is 55.1 Å². The van der Waals surface area contributed by atoms with E-state index in [0.717, 1.165) is 0 Å². The van der Waals surface area contributed by atoms with Crippen LogP contribution >= 0.6 is 0 Å². The molecule has 1 aliphatic heterocycles. The summed E-state index contributed by atoms with van der Waals surface area (Å²) in [7, 11) is -0.999. The van der Waals surface area contributed by atoms with E-state index in [9.17, 15) is 0 Å². The molecule has 0 radical (unpaired) electrons. The van der Waals surface area contributed by atoms with Crippen LogP contribution in [0.1, 0.15) is 24.8 Å². The van der Waals surface area contributed by atoms with Crippen molar-refractivity contribution in [3.05, 3.63) is 35.9 Å². The molecule has 1 aromatic carbocycles. The quantitative estimate of drug-likeness (QED) is 0.567. The molecule has 1 aliphatic rings. The lowest BCUT2D eigenvalue weighted by Crippen LogP contribution is -2.57. The lowest BCUT2D eigenvalue weighted by atomic mass is 10.1. The van der Waals surface area contributed by atoms with Crippen molar-refractivity contribution in [3.8, 4) is 0 Å². The van der Waals surface area contributed by atoms with E-state index in [4.69, 9.17) is 0 Å². The van der Waals surface area contributed by atoms with Crippen LogP contribution in [0.5, 0.6) is 0 Å². The highest BCUT2D eigenvalue weighted by Crippen LogP contribution is 2.25. The molecule has 0 N–H and O–H groups in total. The lowest BCUT2D eigenvalue weighted by molar-refractivity contribution is -0.936. The fourth-order valence-corrected chi connectivity index (χ4v) is 5.97. The molecular weight excluding hydrogens is 234 g/mol. The fourth-order valence-electron chi connectivity index (χ4n) is 3.53. The highest BCUT2D eigenvalue weighted by molar-refractivity contribution is 6.76. The molecule has 2 rings (SSSR count). The monoisotopic (exact) mass is 262 g/mol. The smallest absolute Gasteiger partial charge is 0.110 e. The summed E-state index contributed by atoms with van der Waals surface area (Å²) in [4.78, 5) is 0. The van der Waals surface area contributed by atoms with Gasteiger partial charge in [-0.2, -0.15) is 0 Å². The van der Waals surface area contributed by atoms with Gasteiger partial charge in [-0.1, -0.05) is 50.0 Å². The highest BCUT2D eigenvalue weighted by atomic mass is 28.3. The summed E-state index contributed by atoms with van der Waals surface area (Å²) in [5.41, 5.74) is 1.53. The van der Waals surface area contributed by atoms with E-state index < -0.39 is 8.07 Å². The van der Waals surface area contributed by atoms with Gasteiger partial charge >= 0.3 is 0 Å². The summed E-state index contributed by atoms with van der Waals surface area (Å²) >= 11 is 0. The Hall–Kier alpha value is -0.603. The Morgan fingerprint density at radius 1 is 0.944 bits per heavy atom. The van der Waals surface area contributed by atoms with Crippen LogP contribution in [0.15, 0.2) is 30.3 Å². The van der Waals surface area contributed by atoms with Gasteiger partial charge in [0, 0.05) is 5.56 Å². The first-order valence-electron chi connectivity index (χ1n) is 7.38. The van der Waals surface area contributed by atoms with E-state index in [1.54, 1.807) is 0 Å². The first-order valence-corrected chi connectivity index (χ1v) is 11.1. The molecule has 0 atom stereocenters. The number of piperidine rings is 1. The second-order valence-corrected chi connectivity index (χ2v) is 12.6. The van der Waals surface area contributed by atoms with E-state index in [1.807, 2.05) is 0 Å². The molecule has 0 bridgehead atoms. The van der Waals surface area contributed by atoms with Gasteiger partial charge in [0.2, 0.25) is 0 Å². The molecule has 1 aromatic rings. The number of nitrogens with zero attached hydrogens (tertiary/aromatic N) is 1. The Morgan fingerprint density at radius 2 is 1.56 bits per heavy atom. The van der Waals surface area contributed by atoms with Gasteiger partial charge in [0.1, 0.15) is 14.6 Å². The van der Waals surface area contributed by atoms with Crippen LogP contribution in [0, 0.1) is 0 Å². The standard InChI is InChI=1S/C16H28NSi/c1-18(2,3)15-17(12-8-5-9-13-17)14-16-10-6-4-7-11-16/h4,6-7,10-11H,5,8-9,12-15H2,1-3H3/q+1. The SMILES string of the molecule is C[Si](C)(C)C[N+]1(Cc2ccccc2)CCCCC1. The fraction of sp³-hybridized carbons (Fsp3) is 0.625. The first-order chi connectivity index (χ1) is 8.49. The van der Waals surface area contributed by atoms with Gasteiger partial charge in [0.15, 0.2) is 0 Å². The summed E-state index contributed by atoms with van der Waals surface area (Å²) in [5.74, 6) is 0. The predicted molar refractivity (Wildman–Crippen MR) is 82.2 cm³/mol. The summed E-state index contributed by atoms with van der Waals surface area (Å²) in [6, 6.07) is 11.1. The topological polar surface area (TPSA) is 0 Å². The Kier molecular flexibility index (Phi) is 4.28. The minimum absolute atomic E-state index is 0.999. The molecule has 0 spiro atoms. The Balaban J connectivity index is 2.14. The Bertz CT molecular complexity index is 360. The summed E-state index contributed by atoms with van der Waals surface area (Å²) in [6.07, 6.45) is 5.75. The summed E-state index contributed by atoms with van der Waals surface area (Å²) in [5, 5.41) is 0. The van der Waals surface area contributed by atoms with Gasteiger partial charge in [-0.05, 0) is 19.3 Å². The Morgan fingerprint density at radius 3 is 2.11 bits per heavy atom. The van der Waals surface area contributed by atoms with Gasteiger partial charge < -0.3 is 4.48 Å². The maximum atomic E-state index is 2.52. The molecular formula is C16H28NSi+. The number of quaternary nitrogens is 1. The van der Waals surface area contributed by atoms with Crippen molar-refractivity contribution in [2.75, 3.05) is 19.3 Å². The number of hydrogen-bond donors (Lipinski definition) is 0. The average molecular weight is 262 g/mol. The van der Waals surface area contributed by atoms with E-state index in [0.29, 0.717) is 0 Å². The minimum Gasteiger partial charge on any atom is -0.323 e. The molecule has 100 valence electrons. The zero-order chi connectivity index (χ0) is 13.1. The van der Waals surface area contributed by atoms with E-state index in [2.05, 4.69) is 50.0 Å². The van der Waals surface area contributed by atoms with Crippen molar-refractivity contribution >= 4 is 8.07 Å². The average Bonchev–Trinajstić information content (AvgIpc) is 2.28. The van der Waals surface area contributed by atoms with Crippen LogP contribution in [-0.2, 0) is 6.54 Å². The molecule has 1 saturated heterocycles. The molecule has 2 heteroatoms. The van der Waals surface area contributed by atoms with Crippen LogP contribution in [0.2, 0.25) is 19.6 Å². The van der Waals surface area contributed by atoms with Crippen molar-refractivity contribution in [2.45, 2.75) is 45.4 Å². The first kappa shape index (κ1) is 13.8. The van der Waals surface area contributed by atoms with Crippen LogP contribution in [0.25, 0.3) is 0 Å². The third-order valence-corrected chi connectivity index (χ3v) is 5.55. The minimum atomic E-state index is -0.999. The van der Waals surface area contributed by atoms with E-state index >= 15 is 0 Å². The summed E-state index contributed by atoms with van der Waals surface area (Å²) in [6.45, 7) is 11.6. The van der Waals surface area contributed by atoms with Gasteiger partial charge in [-0.25, -0.2) is 0 Å². The molecule has 1 heterocycles. The highest BCUT2D eigenvalue weighted by Gasteiger charge is 2.35. The number of hydrogen-bond acceptors (Lipinski definition) is 0. The van der Waals surface area contributed by atoms with Gasteiger partial charge in [0.05, 0.1) is 19.3 Å². The van der Waals surface area contributed by atoms with Crippen LogP contribution in [0.3, 0.4) is 0 Å². The number of likely N-dealkylation sites (tertiary alicyclic amines) is 1. The van der Waals surface area contributed by atoms with Crippen LogP contribution in [0.4, 0.5) is 0 Å². The molecule has 1 fully saturated rings. The normalized spacial score (nSPS) is 19.7. The molecule has 0 unspecified atom stereocenters. The molecule has 1 nitrogen and oxygen atoms in total. The van der Waals surface area contributed by atoms with Gasteiger partial charge in [-0.3, -0.25) is 0 Å². The van der Waals surface area contributed by atoms with Crippen molar-refractivity contribution in [1.29, 1.82) is 0 Å². The molecule has 0 aliphatic carbocycles. The third kappa shape index (κ3) is 3.96. The molecule has 0 amide bonds. The van der Waals surface area contributed by atoms with Crippen molar-refractivity contribution in [3.63, 3.8) is 0 Å². The van der Waals surface area contributed by atoms with E-state index in [-0.39, 0.29) is 0 Å². The van der Waals surface area contributed by atoms with Crippen molar-refractivity contribution < 1.29 is 4.48 Å². The van der Waals surface area contributed by atoms with Gasteiger partial charge in [-0.15, -0.1) is 0 Å². The zero-order valence-electron chi connectivity index (χ0n) is 12.3. The van der Waals surface area contributed by atoms with Crippen molar-refractivity contribution in [2.24, 2.45) is 0 Å². The van der Waals surface area contributed by atoms with Crippen LogP contribution < -0.4 is 0 Å². The van der Waals surface area contributed by atoms with Gasteiger partial charge in [0.25, 0.3) is 0 Å². The van der Waals surface area contributed by atoms with Crippen molar-refractivity contribution in [1.82, 2.24) is 0 Å². The van der Waals surface area contributed by atoms with Crippen LogP contribution in [-0.4, -0.2) is 31.8 Å². The second kappa shape index (κ2) is 5.58. The lowest BCUT2D eigenvalue weighted by Gasteiger charge is -2.45. The number of benzene rings is 1.